The molecule has 0 aliphatic heterocycles. The van der Waals surface area contributed by atoms with Crippen LogP contribution in [0.5, 0.6) is 0 Å². The van der Waals surface area contributed by atoms with Crippen LogP contribution in [0.25, 0.3) is 0 Å². The smallest absolute Gasteiger partial charge is 0.550 e. The van der Waals surface area contributed by atoms with Gasteiger partial charge in [-0.25, -0.2) is 0 Å². The number of carboxylic acids is 1. The van der Waals surface area contributed by atoms with Crippen molar-refractivity contribution in [3.8, 4) is 0 Å². The predicted molar refractivity (Wildman–Crippen MR) is 38.3 cm³/mol. The number of carbonyl (C=O) groups is 1. The largest absolute Gasteiger partial charge is 3.00 e. The number of hydrogen-bond donors (Lipinski definition) is 0. The molecule has 3 heteroatoms. The molecule has 0 spiro atoms. The Morgan fingerprint density at radius 1 is 1.45 bits per heavy atom. The topological polar surface area (TPSA) is 40.1 Å². The molecule has 0 radical (unpaired) electrons. The van der Waals surface area contributed by atoms with Crippen LogP contribution >= 0.6 is 0 Å². The molecule has 0 aliphatic carbocycles. The van der Waals surface area contributed by atoms with Crippen LogP contribution in [0.2, 0.25) is 0 Å². The van der Waals surface area contributed by atoms with E-state index in [9.17, 15) is 9.90 Å². The normalized spacial score (nSPS) is 11.8. The van der Waals surface area contributed by atoms with Gasteiger partial charge < -0.3 is 9.90 Å². The zero-order chi connectivity index (χ0) is 7.98. The van der Waals surface area contributed by atoms with Gasteiger partial charge in [-0.3, -0.25) is 0 Å². The summed E-state index contributed by atoms with van der Waals surface area (Å²) in [5.41, 5.74) is 0. The number of rotatable bonds is 5. The van der Waals surface area contributed by atoms with E-state index in [4.69, 9.17) is 0 Å². The molecule has 0 aromatic carbocycles. The molecule has 0 aliphatic rings. The Hall–Kier alpha value is 0.665. The number of hydrogen-bond acceptors (Lipinski definition) is 2. The molecule has 0 heterocycles. The molecule has 11 heavy (non-hydrogen) atoms. The Morgan fingerprint density at radius 3 is 2.27 bits per heavy atom. The molecule has 1 unspecified atom stereocenters. The van der Waals surface area contributed by atoms with Crippen LogP contribution in [0, 0.1) is 41.5 Å². The van der Waals surface area contributed by atoms with Gasteiger partial charge >= 0.3 is 35.6 Å². The quantitative estimate of drug-likeness (QED) is 0.753. The third-order valence-electron chi connectivity index (χ3n) is 1.73. The fourth-order valence-electron chi connectivity index (χ4n) is 0.939. The SMILES string of the molecule is CCCCC(CC)C(=O)[O-].[La+3]. The summed E-state index contributed by atoms with van der Waals surface area (Å²) in [7, 11) is 0. The third-order valence-corrected chi connectivity index (χ3v) is 1.73. The van der Waals surface area contributed by atoms with Gasteiger partial charge in [0, 0.05) is 5.97 Å². The van der Waals surface area contributed by atoms with Gasteiger partial charge in [0.2, 0.25) is 0 Å². The van der Waals surface area contributed by atoms with Crippen molar-refractivity contribution in [2.24, 2.45) is 5.92 Å². The summed E-state index contributed by atoms with van der Waals surface area (Å²) in [5.74, 6) is -1.11. The standard InChI is InChI=1S/C8H16O2.La/c1-3-5-6-7(4-2)8(9)10;/h7H,3-6H2,1-2H3,(H,9,10);/q;+3/p-1. The monoisotopic (exact) mass is 282 g/mol. The van der Waals surface area contributed by atoms with E-state index >= 15 is 0 Å². The summed E-state index contributed by atoms with van der Waals surface area (Å²) in [5, 5.41) is 10.3. The van der Waals surface area contributed by atoms with Crippen LogP contribution in [0.4, 0.5) is 0 Å². The minimum absolute atomic E-state index is 0. The summed E-state index contributed by atoms with van der Waals surface area (Å²) >= 11 is 0. The number of carboxylic acid groups (broad SMARTS) is 1. The molecule has 0 saturated heterocycles. The number of carbonyl (C=O) groups excluding carboxylic acids is 1. The second-order valence-corrected chi connectivity index (χ2v) is 2.57. The van der Waals surface area contributed by atoms with Crippen molar-refractivity contribution in [3.63, 3.8) is 0 Å². The van der Waals surface area contributed by atoms with E-state index < -0.39 is 5.97 Å². The van der Waals surface area contributed by atoms with E-state index in [2.05, 4.69) is 6.92 Å². The van der Waals surface area contributed by atoms with Crippen molar-refractivity contribution in [2.45, 2.75) is 39.5 Å². The van der Waals surface area contributed by atoms with Crippen molar-refractivity contribution in [3.05, 3.63) is 0 Å². The molecule has 0 N–H and O–H groups in total. The maximum atomic E-state index is 10.3. The molecular formula is C8H15LaO2+2. The van der Waals surface area contributed by atoms with Gasteiger partial charge in [-0.2, -0.15) is 0 Å². The van der Waals surface area contributed by atoms with Gasteiger partial charge in [0.1, 0.15) is 0 Å². The average molecular weight is 282 g/mol. The zero-order valence-corrected chi connectivity index (χ0v) is 10.9. The van der Waals surface area contributed by atoms with Crippen molar-refractivity contribution in [1.29, 1.82) is 0 Å². The Labute approximate surface area is 96.4 Å². The van der Waals surface area contributed by atoms with E-state index in [0.29, 0.717) is 6.42 Å². The molecule has 0 amide bonds. The summed E-state index contributed by atoms with van der Waals surface area (Å²) in [6, 6.07) is 0. The molecule has 0 rings (SSSR count). The van der Waals surface area contributed by atoms with Crippen LogP contribution in [0.15, 0.2) is 0 Å². The van der Waals surface area contributed by atoms with Crippen LogP contribution in [0.3, 0.4) is 0 Å². The first-order valence-corrected chi connectivity index (χ1v) is 3.93. The van der Waals surface area contributed by atoms with E-state index in [0.717, 1.165) is 19.3 Å². The van der Waals surface area contributed by atoms with Gasteiger partial charge in [0.05, 0.1) is 0 Å². The first-order valence-electron chi connectivity index (χ1n) is 3.93. The van der Waals surface area contributed by atoms with Crippen molar-refractivity contribution in [2.75, 3.05) is 0 Å². The summed E-state index contributed by atoms with van der Waals surface area (Å²) in [6.45, 7) is 3.94. The van der Waals surface area contributed by atoms with Gasteiger partial charge in [-0.1, -0.05) is 26.7 Å². The van der Waals surface area contributed by atoms with Crippen molar-refractivity contribution in [1.82, 2.24) is 0 Å². The predicted octanol–water partition coefficient (Wildman–Crippen LogP) is 0.953. The number of unbranched alkanes of at least 4 members (excludes halogenated alkanes) is 1. The molecule has 60 valence electrons. The minimum Gasteiger partial charge on any atom is -0.550 e. The first kappa shape index (κ1) is 14.2. The molecule has 0 bridgehead atoms. The Morgan fingerprint density at radius 2 is 2.00 bits per heavy atom. The summed E-state index contributed by atoms with van der Waals surface area (Å²) in [6.07, 6.45) is 3.52. The number of aliphatic carboxylic acids is 1. The molecule has 0 fully saturated rings. The van der Waals surface area contributed by atoms with E-state index in [-0.39, 0.29) is 41.5 Å². The zero-order valence-electron chi connectivity index (χ0n) is 7.30. The Bertz CT molecular complexity index is 104. The summed E-state index contributed by atoms with van der Waals surface area (Å²) < 4.78 is 0. The maximum absolute atomic E-state index is 10.3. The van der Waals surface area contributed by atoms with Crippen molar-refractivity contribution >= 4 is 5.97 Å². The van der Waals surface area contributed by atoms with Crippen LogP contribution in [0.1, 0.15) is 39.5 Å². The Kier molecular flexibility index (Phi) is 11.3. The average Bonchev–Trinajstić information content (AvgIpc) is 1.89. The second-order valence-electron chi connectivity index (χ2n) is 2.57. The second kappa shape index (κ2) is 8.76. The molecule has 2 nitrogen and oxygen atoms in total. The first-order chi connectivity index (χ1) is 4.72. The molecule has 1 atom stereocenters. The van der Waals surface area contributed by atoms with Crippen molar-refractivity contribution < 1.29 is 45.5 Å². The fraction of sp³-hybridized carbons (Fsp3) is 0.875. The van der Waals surface area contributed by atoms with Gasteiger partial charge in [0.25, 0.3) is 0 Å². The van der Waals surface area contributed by atoms with E-state index in [1.165, 1.54) is 0 Å². The van der Waals surface area contributed by atoms with Gasteiger partial charge in [0.15, 0.2) is 0 Å². The molecule has 0 saturated carbocycles. The van der Waals surface area contributed by atoms with E-state index in [1.54, 1.807) is 0 Å². The Balaban J connectivity index is 0. The van der Waals surface area contributed by atoms with Gasteiger partial charge in [-0.05, 0) is 18.8 Å². The van der Waals surface area contributed by atoms with Crippen LogP contribution in [-0.2, 0) is 4.79 Å². The maximum Gasteiger partial charge on any atom is 3.00 e. The fourth-order valence-corrected chi connectivity index (χ4v) is 0.939. The van der Waals surface area contributed by atoms with Crippen LogP contribution in [-0.4, -0.2) is 5.97 Å². The molecule has 0 aromatic heterocycles. The molecule has 0 aromatic rings. The van der Waals surface area contributed by atoms with Crippen LogP contribution < -0.4 is 5.11 Å². The third kappa shape index (κ3) is 7.04. The minimum atomic E-state index is -0.893. The van der Waals surface area contributed by atoms with E-state index in [1.807, 2.05) is 6.92 Å². The molecular weight excluding hydrogens is 267 g/mol. The van der Waals surface area contributed by atoms with Gasteiger partial charge in [-0.15, -0.1) is 0 Å². The summed E-state index contributed by atoms with van der Waals surface area (Å²) in [4.78, 5) is 10.3.